The van der Waals surface area contributed by atoms with Crippen molar-refractivity contribution in [1.29, 1.82) is 0 Å². The van der Waals surface area contributed by atoms with Crippen molar-refractivity contribution in [3.8, 4) is 0 Å². The van der Waals surface area contributed by atoms with Crippen LogP contribution in [0, 0.1) is 6.92 Å². The van der Waals surface area contributed by atoms with Crippen molar-refractivity contribution in [3.05, 3.63) is 28.8 Å². The fraction of sp³-hybridized carbons (Fsp3) is 0.571. The summed E-state index contributed by atoms with van der Waals surface area (Å²) in [6.45, 7) is 14.1. The molecule has 0 aliphatic carbocycles. The minimum atomic E-state index is -1.17. The standard InChI is InChI=1S/C14H24Si/c1-7-12-9-10-14(15(4,5)6)13(8-2)11(12)3/h9-10H,7-8H2,1-6H3. The molecule has 0 aliphatic heterocycles. The van der Waals surface area contributed by atoms with Gasteiger partial charge in [-0.25, -0.2) is 0 Å². The van der Waals surface area contributed by atoms with Gasteiger partial charge in [0.05, 0.1) is 8.07 Å². The lowest BCUT2D eigenvalue weighted by molar-refractivity contribution is 1.05. The second-order valence-corrected chi connectivity index (χ2v) is 10.4. The van der Waals surface area contributed by atoms with Gasteiger partial charge >= 0.3 is 0 Å². The highest BCUT2D eigenvalue weighted by molar-refractivity contribution is 6.89. The van der Waals surface area contributed by atoms with Crippen LogP contribution in [-0.2, 0) is 12.8 Å². The fourth-order valence-corrected chi connectivity index (χ4v) is 4.20. The number of hydrogen-bond acceptors (Lipinski definition) is 0. The molecule has 1 heteroatoms. The summed E-state index contributed by atoms with van der Waals surface area (Å²) in [6, 6.07) is 4.72. The lowest BCUT2D eigenvalue weighted by atomic mass is 9.99. The molecule has 0 nitrogen and oxygen atoms in total. The molecule has 0 aliphatic rings. The Bertz CT molecular complexity index is 345. The molecule has 1 aromatic carbocycles. The summed E-state index contributed by atoms with van der Waals surface area (Å²) in [4.78, 5) is 0. The van der Waals surface area contributed by atoms with Crippen molar-refractivity contribution >= 4 is 13.3 Å². The van der Waals surface area contributed by atoms with Gasteiger partial charge in [-0.15, -0.1) is 0 Å². The van der Waals surface area contributed by atoms with Gasteiger partial charge in [0.2, 0.25) is 0 Å². The van der Waals surface area contributed by atoms with E-state index in [-0.39, 0.29) is 0 Å². The maximum atomic E-state index is 2.44. The van der Waals surface area contributed by atoms with Crippen LogP contribution < -0.4 is 5.19 Å². The van der Waals surface area contributed by atoms with Gasteiger partial charge in [0.15, 0.2) is 0 Å². The van der Waals surface area contributed by atoms with Gasteiger partial charge in [-0.3, -0.25) is 0 Å². The molecule has 84 valence electrons. The highest BCUT2D eigenvalue weighted by atomic mass is 28.3. The van der Waals surface area contributed by atoms with Gasteiger partial charge < -0.3 is 0 Å². The zero-order chi connectivity index (χ0) is 11.6. The van der Waals surface area contributed by atoms with E-state index in [1.54, 1.807) is 16.3 Å². The molecule has 0 aromatic heterocycles. The van der Waals surface area contributed by atoms with E-state index >= 15 is 0 Å². The van der Waals surface area contributed by atoms with Crippen LogP contribution in [-0.4, -0.2) is 8.07 Å². The first-order valence-corrected chi connectivity index (χ1v) is 9.53. The molecule has 0 fully saturated rings. The molecule has 0 N–H and O–H groups in total. The second-order valence-electron chi connectivity index (χ2n) is 5.33. The molecule has 0 saturated heterocycles. The van der Waals surface area contributed by atoms with Crippen molar-refractivity contribution in [2.75, 3.05) is 0 Å². The van der Waals surface area contributed by atoms with Gasteiger partial charge in [-0.1, -0.05) is 50.8 Å². The Morgan fingerprint density at radius 2 is 1.60 bits per heavy atom. The zero-order valence-electron chi connectivity index (χ0n) is 11.1. The molecule has 0 atom stereocenters. The van der Waals surface area contributed by atoms with Crippen molar-refractivity contribution in [1.82, 2.24) is 0 Å². The van der Waals surface area contributed by atoms with E-state index in [4.69, 9.17) is 0 Å². The normalized spacial score (nSPS) is 11.9. The molecular weight excluding hydrogens is 196 g/mol. The van der Waals surface area contributed by atoms with Crippen LogP contribution in [0.25, 0.3) is 0 Å². The number of aryl methyl sites for hydroxylation is 1. The van der Waals surface area contributed by atoms with Crippen molar-refractivity contribution in [2.45, 2.75) is 53.3 Å². The monoisotopic (exact) mass is 220 g/mol. The molecule has 1 rings (SSSR count). The van der Waals surface area contributed by atoms with Crippen LogP contribution in [0.1, 0.15) is 30.5 Å². The minimum absolute atomic E-state index is 1.16. The molecular formula is C14H24Si. The van der Waals surface area contributed by atoms with Crippen LogP contribution in [0.2, 0.25) is 19.6 Å². The maximum Gasteiger partial charge on any atom is 0.0779 e. The van der Waals surface area contributed by atoms with Crippen molar-refractivity contribution in [2.24, 2.45) is 0 Å². The molecule has 0 radical (unpaired) electrons. The Morgan fingerprint density at radius 1 is 1.00 bits per heavy atom. The maximum absolute atomic E-state index is 2.44. The first-order valence-electron chi connectivity index (χ1n) is 6.03. The van der Waals surface area contributed by atoms with Crippen molar-refractivity contribution in [3.63, 3.8) is 0 Å². The average molecular weight is 220 g/mol. The third-order valence-corrected chi connectivity index (χ3v) is 5.34. The van der Waals surface area contributed by atoms with E-state index in [9.17, 15) is 0 Å². The topological polar surface area (TPSA) is 0 Å². The fourth-order valence-electron chi connectivity index (χ4n) is 2.35. The smallest absolute Gasteiger partial charge is 0.0656 e. The van der Waals surface area contributed by atoms with Crippen LogP contribution in [0.5, 0.6) is 0 Å². The van der Waals surface area contributed by atoms with E-state index in [1.165, 1.54) is 12.0 Å². The summed E-state index contributed by atoms with van der Waals surface area (Å²) in [5, 5.41) is 1.65. The van der Waals surface area contributed by atoms with Gasteiger partial charge in [0, 0.05) is 0 Å². The van der Waals surface area contributed by atoms with E-state index in [0.29, 0.717) is 0 Å². The Balaban J connectivity index is 3.38. The lowest BCUT2D eigenvalue weighted by Gasteiger charge is -2.23. The Hall–Kier alpha value is -0.563. The van der Waals surface area contributed by atoms with E-state index in [2.05, 4.69) is 52.5 Å². The third kappa shape index (κ3) is 2.51. The summed E-state index contributed by atoms with van der Waals surface area (Å²) in [6.07, 6.45) is 2.34. The summed E-state index contributed by atoms with van der Waals surface area (Å²) in [7, 11) is -1.17. The Labute approximate surface area is 95.7 Å². The molecule has 0 unspecified atom stereocenters. The first-order chi connectivity index (χ1) is 6.91. The van der Waals surface area contributed by atoms with Gasteiger partial charge in [-0.2, -0.15) is 0 Å². The third-order valence-electron chi connectivity index (χ3n) is 3.25. The number of rotatable bonds is 3. The summed E-state index contributed by atoms with van der Waals surface area (Å²) < 4.78 is 0. The number of benzene rings is 1. The van der Waals surface area contributed by atoms with E-state index < -0.39 is 8.07 Å². The minimum Gasteiger partial charge on any atom is -0.0656 e. The van der Waals surface area contributed by atoms with Crippen LogP contribution >= 0.6 is 0 Å². The first kappa shape index (κ1) is 12.5. The predicted octanol–water partition coefficient (Wildman–Crippen LogP) is 3.67. The largest absolute Gasteiger partial charge is 0.0779 e. The summed E-state index contributed by atoms with van der Waals surface area (Å²) in [5.74, 6) is 0. The van der Waals surface area contributed by atoms with Crippen LogP contribution in [0.15, 0.2) is 12.1 Å². The Kier molecular flexibility index (Phi) is 3.77. The van der Waals surface area contributed by atoms with Gasteiger partial charge in [0.25, 0.3) is 0 Å². The molecule has 0 heterocycles. The quantitative estimate of drug-likeness (QED) is 0.682. The van der Waals surface area contributed by atoms with Gasteiger partial charge in [-0.05, 0) is 36.5 Å². The predicted molar refractivity (Wildman–Crippen MR) is 72.9 cm³/mol. The molecule has 0 spiro atoms. The van der Waals surface area contributed by atoms with Crippen LogP contribution in [0.3, 0.4) is 0 Å². The van der Waals surface area contributed by atoms with E-state index in [0.717, 1.165) is 6.42 Å². The molecule has 0 saturated carbocycles. The molecule has 0 bridgehead atoms. The van der Waals surface area contributed by atoms with E-state index in [1.807, 2.05) is 0 Å². The highest BCUT2D eigenvalue weighted by Crippen LogP contribution is 2.17. The Morgan fingerprint density at radius 3 is 2.00 bits per heavy atom. The highest BCUT2D eigenvalue weighted by Gasteiger charge is 2.20. The molecule has 1 aromatic rings. The molecule has 0 amide bonds. The van der Waals surface area contributed by atoms with Crippen LogP contribution in [0.4, 0.5) is 0 Å². The summed E-state index contributed by atoms with van der Waals surface area (Å²) >= 11 is 0. The lowest BCUT2D eigenvalue weighted by Crippen LogP contribution is -2.40. The SMILES string of the molecule is CCc1ccc([Si](C)(C)C)c(CC)c1C. The summed E-state index contributed by atoms with van der Waals surface area (Å²) in [5.41, 5.74) is 4.68. The zero-order valence-corrected chi connectivity index (χ0v) is 12.1. The van der Waals surface area contributed by atoms with Gasteiger partial charge in [0.1, 0.15) is 0 Å². The average Bonchev–Trinajstić information content (AvgIpc) is 2.15. The van der Waals surface area contributed by atoms with Crippen molar-refractivity contribution < 1.29 is 0 Å². The molecule has 15 heavy (non-hydrogen) atoms. The number of hydrogen-bond donors (Lipinski definition) is 0. The second kappa shape index (κ2) is 4.52.